The van der Waals surface area contributed by atoms with E-state index in [0.29, 0.717) is 11.1 Å². The summed E-state index contributed by atoms with van der Waals surface area (Å²) < 4.78 is 6.25. The number of thiazole rings is 1. The highest BCUT2D eigenvalue weighted by atomic mass is 32.1. The van der Waals surface area contributed by atoms with Crippen molar-refractivity contribution in [2.45, 2.75) is 26.3 Å². The number of amides is 1. The summed E-state index contributed by atoms with van der Waals surface area (Å²) >= 11 is 1.52. The van der Waals surface area contributed by atoms with Crippen LogP contribution in [-0.4, -0.2) is 29.5 Å². The van der Waals surface area contributed by atoms with Gasteiger partial charge in [-0.2, -0.15) is 0 Å². The smallest absolute Gasteiger partial charge is 0.339 e. The topological polar surface area (TPSA) is 68.3 Å². The summed E-state index contributed by atoms with van der Waals surface area (Å²) in [6, 6.07) is 15.0. The predicted octanol–water partition coefficient (Wildman–Crippen LogP) is 4.03. The molecule has 0 unspecified atom stereocenters. The molecule has 0 aliphatic carbocycles. The molecule has 0 saturated carbocycles. The van der Waals surface area contributed by atoms with Gasteiger partial charge in [0.1, 0.15) is 5.01 Å². The molecule has 134 valence electrons. The number of fused-ring (bicyclic) bond motifs is 1. The number of carbonyl (C=O) groups is 2. The van der Waals surface area contributed by atoms with E-state index in [-0.39, 0.29) is 18.6 Å². The zero-order valence-corrected chi connectivity index (χ0v) is 15.5. The van der Waals surface area contributed by atoms with Gasteiger partial charge in [0.2, 0.25) is 0 Å². The summed E-state index contributed by atoms with van der Waals surface area (Å²) in [6.07, 6.45) is 0.820. The molecule has 0 saturated heterocycles. The van der Waals surface area contributed by atoms with E-state index in [1.165, 1.54) is 11.3 Å². The van der Waals surface area contributed by atoms with Crippen LogP contribution >= 0.6 is 11.3 Å². The van der Waals surface area contributed by atoms with Crippen LogP contribution in [-0.2, 0) is 9.53 Å². The van der Waals surface area contributed by atoms with Crippen molar-refractivity contribution in [1.82, 2.24) is 10.3 Å². The van der Waals surface area contributed by atoms with Gasteiger partial charge < -0.3 is 10.1 Å². The van der Waals surface area contributed by atoms with Gasteiger partial charge in [0.05, 0.1) is 15.8 Å². The summed E-state index contributed by atoms with van der Waals surface area (Å²) in [5, 5.41) is 3.53. The van der Waals surface area contributed by atoms with Crippen molar-refractivity contribution in [3.63, 3.8) is 0 Å². The number of carbonyl (C=O) groups excluding carboxylic acids is 2. The van der Waals surface area contributed by atoms with Gasteiger partial charge in [-0.25, -0.2) is 9.78 Å². The summed E-state index contributed by atoms with van der Waals surface area (Å²) in [5.74, 6) is -0.829. The fourth-order valence-electron chi connectivity index (χ4n) is 2.46. The van der Waals surface area contributed by atoms with Crippen LogP contribution in [0, 0.1) is 0 Å². The highest BCUT2D eigenvalue weighted by Crippen LogP contribution is 2.32. The molecule has 26 heavy (non-hydrogen) atoms. The predicted molar refractivity (Wildman–Crippen MR) is 103 cm³/mol. The molecule has 3 rings (SSSR count). The first-order valence-electron chi connectivity index (χ1n) is 8.50. The van der Waals surface area contributed by atoms with Crippen molar-refractivity contribution >= 4 is 33.4 Å². The number of para-hydroxylation sites is 1. The van der Waals surface area contributed by atoms with Crippen LogP contribution in [0.2, 0.25) is 0 Å². The Hall–Kier alpha value is -2.73. The van der Waals surface area contributed by atoms with Crippen molar-refractivity contribution in [2.75, 3.05) is 6.61 Å². The lowest BCUT2D eigenvalue weighted by Crippen LogP contribution is -2.35. The number of nitrogens with one attached hydrogen (secondary N) is 1. The van der Waals surface area contributed by atoms with Gasteiger partial charge >= 0.3 is 5.97 Å². The van der Waals surface area contributed by atoms with E-state index in [1.807, 2.05) is 50.2 Å². The first-order chi connectivity index (χ1) is 12.6. The van der Waals surface area contributed by atoms with Crippen molar-refractivity contribution < 1.29 is 14.3 Å². The number of benzene rings is 2. The van der Waals surface area contributed by atoms with Crippen molar-refractivity contribution in [1.29, 1.82) is 0 Å². The summed E-state index contributed by atoms with van der Waals surface area (Å²) in [5.41, 5.74) is 2.01. The molecule has 1 amide bonds. The molecule has 0 aliphatic heterocycles. The summed E-state index contributed by atoms with van der Waals surface area (Å²) in [6.45, 7) is 3.59. The molecule has 1 heterocycles. The molecule has 0 radical (unpaired) electrons. The third kappa shape index (κ3) is 4.08. The Labute approximate surface area is 156 Å². The largest absolute Gasteiger partial charge is 0.452 e. The zero-order valence-electron chi connectivity index (χ0n) is 14.7. The van der Waals surface area contributed by atoms with E-state index >= 15 is 0 Å². The van der Waals surface area contributed by atoms with Gasteiger partial charge in [-0.05, 0) is 31.5 Å². The first-order valence-corrected chi connectivity index (χ1v) is 9.31. The molecule has 5 nitrogen and oxygen atoms in total. The average molecular weight is 368 g/mol. The van der Waals surface area contributed by atoms with Crippen LogP contribution in [0.3, 0.4) is 0 Å². The zero-order chi connectivity index (χ0) is 18.5. The Morgan fingerprint density at radius 1 is 1.15 bits per heavy atom. The number of hydrogen-bond donors (Lipinski definition) is 1. The normalized spacial score (nSPS) is 11.9. The third-order valence-corrected chi connectivity index (χ3v) is 5.10. The lowest BCUT2D eigenvalue weighted by Gasteiger charge is -2.12. The molecule has 3 aromatic rings. The summed E-state index contributed by atoms with van der Waals surface area (Å²) in [7, 11) is 0. The molecule has 0 aliphatic rings. The van der Waals surface area contributed by atoms with Crippen LogP contribution in [0.5, 0.6) is 0 Å². The molecule has 1 aromatic heterocycles. The van der Waals surface area contributed by atoms with Crippen LogP contribution in [0.1, 0.15) is 30.6 Å². The van der Waals surface area contributed by atoms with Crippen molar-refractivity contribution in [3.05, 3.63) is 54.1 Å². The maximum Gasteiger partial charge on any atom is 0.339 e. The van der Waals surface area contributed by atoms with Gasteiger partial charge in [-0.1, -0.05) is 37.3 Å². The highest BCUT2D eigenvalue weighted by molar-refractivity contribution is 7.21. The number of esters is 1. The molecule has 0 fully saturated rings. The lowest BCUT2D eigenvalue weighted by atomic mass is 10.1. The molecular weight excluding hydrogens is 348 g/mol. The van der Waals surface area contributed by atoms with Gasteiger partial charge in [0.15, 0.2) is 6.61 Å². The number of rotatable bonds is 6. The molecular formula is C20H20N2O3S. The maximum atomic E-state index is 12.5. The van der Waals surface area contributed by atoms with Crippen LogP contribution in [0.25, 0.3) is 20.8 Å². The molecule has 6 heteroatoms. The number of hydrogen-bond acceptors (Lipinski definition) is 5. The fraction of sp³-hybridized carbons (Fsp3) is 0.250. The number of aromatic nitrogens is 1. The molecule has 1 N–H and O–H groups in total. The third-order valence-electron chi connectivity index (χ3n) is 4.03. The maximum absolute atomic E-state index is 12.5. The Kier molecular flexibility index (Phi) is 5.63. The van der Waals surface area contributed by atoms with Gasteiger partial charge in [0.25, 0.3) is 5.91 Å². The van der Waals surface area contributed by atoms with Crippen LogP contribution < -0.4 is 5.32 Å². The van der Waals surface area contributed by atoms with Crippen molar-refractivity contribution in [2.24, 2.45) is 0 Å². The second-order valence-corrected chi connectivity index (χ2v) is 7.02. The monoisotopic (exact) mass is 368 g/mol. The van der Waals surface area contributed by atoms with Gasteiger partial charge in [-0.3, -0.25) is 4.79 Å². The standard InChI is InChI=1S/C20H20N2O3S/c1-3-13(2)21-18(23)12-25-20(24)15-9-5-4-8-14(15)19-22-16-10-6-7-11-17(16)26-19/h4-11,13H,3,12H2,1-2H3,(H,21,23)/t13-/m1/s1. The second-order valence-electron chi connectivity index (χ2n) is 5.99. The Morgan fingerprint density at radius 3 is 2.65 bits per heavy atom. The highest BCUT2D eigenvalue weighted by Gasteiger charge is 2.18. The van der Waals surface area contributed by atoms with E-state index in [4.69, 9.17) is 4.74 Å². The first kappa shape index (κ1) is 18.1. The van der Waals surface area contributed by atoms with E-state index < -0.39 is 5.97 Å². The van der Waals surface area contributed by atoms with E-state index in [9.17, 15) is 9.59 Å². The Morgan fingerprint density at radius 2 is 1.88 bits per heavy atom. The van der Waals surface area contributed by atoms with Gasteiger partial charge in [0, 0.05) is 11.6 Å². The number of nitrogens with zero attached hydrogens (tertiary/aromatic N) is 1. The minimum Gasteiger partial charge on any atom is -0.452 e. The summed E-state index contributed by atoms with van der Waals surface area (Å²) in [4.78, 5) is 28.9. The fourth-order valence-corrected chi connectivity index (χ4v) is 3.47. The van der Waals surface area contributed by atoms with E-state index in [0.717, 1.165) is 21.6 Å². The van der Waals surface area contributed by atoms with E-state index in [1.54, 1.807) is 12.1 Å². The van der Waals surface area contributed by atoms with E-state index in [2.05, 4.69) is 10.3 Å². The molecule has 0 spiro atoms. The Bertz CT molecular complexity index is 902. The van der Waals surface area contributed by atoms with Crippen LogP contribution in [0.4, 0.5) is 0 Å². The molecule has 2 aromatic carbocycles. The molecule has 0 bridgehead atoms. The Balaban J connectivity index is 1.78. The van der Waals surface area contributed by atoms with Gasteiger partial charge in [-0.15, -0.1) is 11.3 Å². The average Bonchev–Trinajstić information content (AvgIpc) is 3.10. The van der Waals surface area contributed by atoms with Crippen LogP contribution in [0.15, 0.2) is 48.5 Å². The van der Waals surface area contributed by atoms with Crippen molar-refractivity contribution in [3.8, 4) is 10.6 Å². The minimum atomic E-state index is -0.529. The quantitative estimate of drug-likeness (QED) is 0.667. The lowest BCUT2D eigenvalue weighted by molar-refractivity contribution is -0.124. The second kappa shape index (κ2) is 8.10. The SMILES string of the molecule is CC[C@@H](C)NC(=O)COC(=O)c1ccccc1-c1nc2ccccc2s1. The number of ether oxygens (including phenoxy) is 1. The minimum absolute atomic E-state index is 0.0521. The molecule has 1 atom stereocenters.